The molecule has 4 nitrogen and oxygen atoms in total. The third kappa shape index (κ3) is 3.44. The zero-order valence-electron chi connectivity index (χ0n) is 14.7. The fourth-order valence-corrected chi connectivity index (χ4v) is 4.75. The quantitative estimate of drug-likeness (QED) is 0.847. The maximum absolute atomic E-state index is 13.0. The minimum atomic E-state index is -0.0295. The Morgan fingerprint density at radius 3 is 2.56 bits per heavy atom. The highest BCUT2D eigenvalue weighted by Crippen LogP contribution is 2.25. The van der Waals surface area contributed by atoms with Crippen LogP contribution in [0.4, 0.5) is 5.69 Å². The van der Waals surface area contributed by atoms with Gasteiger partial charge in [0.25, 0.3) is 0 Å². The van der Waals surface area contributed by atoms with E-state index in [4.69, 9.17) is 0 Å². The van der Waals surface area contributed by atoms with Crippen LogP contribution in [-0.2, 0) is 17.8 Å². The molecule has 2 aliphatic heterocycles. The normalized spacial score (nSPS) is 19.6. The van der Waals surface area contributed by atoms with Crippen LogP contribution in [0.15, 0.2) is 41.8 Å². The molecular weight excluding hydrogens is 330 g/mol. The van der Waals surface area contributed by atoms with Gasteiger partial charge in [0.1, 0.15) is 0 Å². The molecule has 1 saturated heterocycles. The van der Waals surface area contributed by atoms with E-state index in [2.05, 4.69) is 58.5 Å². The molecule has 1 fully saturated rings. The van der Waals surface area contributed by atoms with Crippen molar-refractivity contribution in [3.63, 3.8) is 0 Å². The first-order chi connectivity index (χ1) is 12.2. The lowest BCUT2D eigenvalue weighted by atomic mass is 10.1. The molecule has 5 heteroatoms. The largest absolute Gasteiger partial charge is 0.369 e. The third-order valence-corrected chi connectivity index (χ3v) is 6.48. The lowest BCUT2D eigenvalue weighted by molar-refractivity contribution is -0.137. The summed E-state index contributed by atoms with van der Waals surface area (Å²) < 4.78 is 0. The molecule has 1 atom stereocenters. The zero-order valence-corrected chi connectivity index (χ0v) is 15.5. The van der Waals surface area contributed by atoms with Gasteiger partial charge in [0.2, 0.25) is 5.91 Å². The Balaban J connectivity index is 1.34. The first-order valence-corrected chi connectivity index (χ1v) is 9.98. The van der Waals surface area contributed by atoms with E-state index in [-0.39, 0.29) is 11.9 Å². The predicted octanol–water partition coefficient (Wildman–Crippen LogP) is 2.84. The van der Waals surface area contributed by atoms with E-state index in [1.165, 1.54) is 16.1 Å². The summed E-state index contributed by atoms with van der Waals surface area (Å²) in [7, 11) is 0. The van der Waals surface area contributed by atoms with Crippen LogP contribution in [0.2, 0.25) is 0 Å². The Morgan fingerprint density at radius 1 is 1.04 bits per heavy atom. The number of nitrogens with zero attached hydrogens (tertiary/aromatic N) is 3. The Bertz CT molecular complexity index is 722. The summed E-state index contributed by atoms with van der Waals surface area (Å²) in [6, 6.07) is 12.7. The van der Waals surface area contributed by atoms with E-state index in [9.17, 15) is 4.79 Å². The van der Waals surface area contributed by atoms with Gasteiger partial charge < -0.3 is 9.80 Å². The maximum Gasteiger partial charge on any atom is 0.239 e. The second-order valence-corrected chi connectivity index (χ2v) is 7.91. The standard InChI is InChI=1S/C20H25N3OS/c1-16(20(24)23-9-7-19-17(15-23)8-14-25-19)21-10-12-22(13-11-21)18-5-3-2-4-6-18/h2-6,8,14,16H,7,9-13,15H2,1H3/t16-/m0/s1. The summed E-state index contributed by atoms with van der Waals surface area (Å²) in [5.41, 5.74) is 2.62. The molecule has 132 valence electrons. The van der Waals surface area contributed by atoms with Gasteiger partial charge in [0.05, 0.1) is 6.04 Å². The molecule has 0 unspecified atom stereocenters. The number of hydrogen-bond donors (Lipinski definition) is 0. The topological polar surface area (TPSA) is 26.8 Å². The number of carbonyl (C=O) groups excluding carboxylic acids is 1. The van der Waals surface area contributed by atoms with Gasteiger partial charge in [0, 0.05) is 49.8 Å². The van der Waals surface area contributed by atoms with Crippen LogP contribution >= 0.6 is 11.3 Å². The van der Waals surface area contributed by atoms with Crippen molar-refractivity contribution < 1.29 is 4.79 Å². The number of rotatable bonds is 3. The zero-order chi connectivity index (χ0) is 17.2. The van der Waals surface area contributed by atoms with Crippen LogP contribution in [0.3, 0.4) is 0 Å². The van der Waals surface area contributed by atoms with Gasteiger partial charge in [-0.05, 0) is 42.5 Å². The predicted molar refractivity (Wildman–Crippen MR) is 103 cm³/mol. The third-order valence-electron chi connectivity index (χ3n) is 5.46. The molecule has 0 aliphatic carbocycles. The summed E-state index contributed by atoms with van der Waals surface area (Å²) in [6.45, 7) is 7.57. The molecule has 0 radical (unpaired) electrons. The van der Waals surface area contributed by atoms with Crippen molar-refractivity contribution in [2.75, 3.05) is 37.6 Å². The summed E-state index contributed by atoms with van der Waals surface area (Å²) in [5, 5.41) is 2.14. The van der Waals surface area contributed by atoms with Crippen LogP contribution in [0, 0.1) is 0 Å². The van der Waals surface area contributed by atoms with Crippen molar-refractivity contribution in [1.82, 2.24) is 9.80 Å². The molecule has 0 bridgehead atoms. The lowest BCUT2D eigenvalue weighted by Crippen LogP contribution is -2.55. The number of anilines is 1. The van der Waals surface area contributed by atoms with Gasteiger partial charge in [-0.1, -0.05) is 18.2 Å². The van der Waals surface area contributed by atoms with Crippen molar-refractivity contribution in [2.24, 2.45) is 0 Å². The molecule has 0 spiro atoms. The summed E-state index contributed by atoms with van der Waals surface area (Å²) in [5.74, 6) is 0.282. The number of benzene rings is 1. The summed E-state index contributed by atoms with van der Waals surface area (Å²) >= 11 is 1.82. The number of carbonyl (C=O) groups is 1. The maximum atomic E-state index is 13.0. The molecule has 3 heterocycles. The first kappa shape index (κ1) is 16.6. The van der Waals surface area contributed by atoms with E-state index in [1.807, 2.05) is 16.2 Å². The van der Waals surface area contributed by atoms with E-state index < -0.39 is 0 Å². The summed E-state index contributed by atoms with van der Waals surface area (Å²) in [4.78, 5) is 21.2. The fourth-order valence-electron chi connectivity index (χ4n) is 3.86. The second-order valence-electron chi connectivity index (χ2n) is 6.91. The molecular formula is C20H25N3OS. The van der Waals surface area contributed by atoms with Gasteiger partial charge >= 0.3 is 0 Å². The van der Waals surface area contributed by atoms with E-state index in [1.54, 1.807) is 0 Å². The molecule has 2 aliphatic rings. The first-order valence-electron chi connectivity index (χ1n) is 9.10. The number of thiophene rings is 1. The van der Waals surface area contributed by atoms with Gasteiger partial charge in [-0.25, -0.2) is 0 Å². The van der Waals surface area contributed by atoms with E-state index in [0.29, 0.717) is 0 Å². The Hall–Kier alpha value is -1.85. The number of para-hydroxylation sites is 1. The van der Waals surface area contributed by atoms with Crippen molar-refractivity contribution in [1.29, 1.82) is 0 Å². The van der Waals surface area contributed by atoms with Crippen molar-refractivity contribution in [2.45, 2.75) is 25.9 Å². The van der Waals surface area contributed by atoms with E-state index >= 15 is 0 Å². The lowest BCUT2D eigenvalue weighted by Gasteiger charge is -2.40. The fraction of sp³-hybridized carbons (Fsp3) is 0.450. The highest BCUT2D eigenvalue weighted by molar-refractivity contribution is 7.10. The minimum absolute atomic E-state index is 0.0295. The average molecular weight is 356 g/mol. The molecule has 1 aromatic heterocycles. The molecule has 25 heavy (non-hydrogen) atoms. The van der Waals surface area contributed by atoms with Gasteiger partial charge in [-0.3, -0.25) is 9.69 Å². The summed E-state index contributed by atoms with van der Waals surface area (Å²) in [6.07, 6.45) is 1.01. The molecule has 4 rings (SSSR count). The Morgan fingerprint density at radius 2 is 1.80 bits per heavy atom. The average Bonchev–Trinajstić information content (AvgIpc) is 3.15. The van der Waals surface area contributed by atoms with Gasteiger partial charge in [0.15, 0.2) is 0 Å². The number of hydrogen-bond acceptors (Lipinski definition) is 4. The molecule has 0 N–H and O–H groups in total. The van der Waals surface area contributed by atoms with Crippen LogP contribution in [0.25, 0.3) is 0 Å². The monoisotopic (exact) mass is 355 g/mol. The number of piperazine rings is 1. The van der Waals surface area contributed by atoms with E-state index in [0.717, 1.165) is 45.7 Å². The van der Waals surface area contributed by atoms with Crippen LogP contribution in [-0.4, -0.2) is 54.5 Å². The highest BCUT2D eigenvalue weighted by atomic mass is 32.1. The van der Waals surface area contributed by atoms with Gasteiger partial charge in [-0.2, -0.15) is 0 Å². The number of amides is 1. The Labute approximate surface area is 153 Å². The molecule has 0 saturated carbocycles. The van der Waals surface area contributed by atoms with Crippen LogP contribution in [0.1, 0.15) is 17.4 Å². The molecule has 1 amide bonds. The van der Waals surface area contributed by atoms with Crippen molar-refractivity contribution >= 4 is 22.9 Å². The Kier molecular flexibility index (Phi) is 4.77. The molecule has 1 aromatic carbocycles. The van der Waals surface area contributed by atoms with Gasteiger partial charge in [-0.15, -0.1) is 11.3 Å². The second kappa shape index (κ2) is 7.18. The van der Waals surface area contributed by atoms with Crippen LogP contribution < -0.4 is 4.90 Å². The highest BCUT2D eigenvalue weighted by Gasteiger charge is 2.30. The SMILES string of the molecule is C[C@@H](C(=O)N1CCc2sccc2C1)N1CCN(c2ccccc2)CC1. The van der Waals surface area contributed by atoms with Crippen LogP contribution in [0.5, 0.6) is 0 Å². The number of fused-ring (bicyclic) bond motifs is 1. The van der Waals surface area contributed by atoms with Crippen molar-refractivity contribution in [3.8, 4) is 0 Å². The molecule has 2 aromatic rings. The van der Waals surface area contributed by atoms with Crippen molar-refractivity contribution in [3.05, 3.63) is 52.2 Å². The minimum Gasteiger partial charge on any atom is -0.369 e. The smallest absolute Gasteiger partial charge is 0.239 e.